The number of carbonyl (C=O) groups is 3. The summed E-state index contributed by atoms with van der Waals surface area (Å²) in [4.78, 5) is 44.7. The van der Waals surface area contributed by atoms with E-state index in [1.807, 2.05) is 12.1 Å². The second-order valence-corrected chi connectivity index (χ2v) is 9.17. The fourth-order valence-corrected chi connectivity index (χ4v) is 5.04. The molecular weight excluding hydrogens is 461 g/mol. The summed E-state index contributed by atoms with van der Waals surface area (Å²) in [6.07, 6.45) is -0.0384. The number of anilines is 1. The number of allylic oxidation sites excluding steroid dienone is 1. The number of hydrogen-bond acceptors (Lipinski definition) is 5. The van der Waals surface area contributed by atoms with Crippen molar-refractivity contribution in [3.05, 3.63) is 76.7 Å². The lowest BCUT2D eigenvalue weighted by Gasteiger charge is -2.39. The van der Waals surface area contributed by atoms with Crippen LogP contribution in [0.3, 0.4) is 0 Å². The highest BCUT2D eigenvalue weighted by molar-refractivity contribution is 5.97. The van der Waals surface area contributed by atoms with E-state index < -0.39 is 17.7 Å². The first-order valence-electron chi connectivity index (χ1n) is 12.3. The first-order valence-corrected chi connectivity index (χ1v) is 12.3. The van der Waals surface area contributed by atoms with Crippen LogP contribution in [0.2, 0.25) is 0 Å². The predicted octanol–water partition coefficient (Wildman–Crippen LogP) is 3.64. The Bertz CT molecular complexity index is 1190. The quantitative estimate of drug-likeness (QED) is 0.575. The number of amides is 2. The molecule has 1 unspecified atom stereocenters. The number of esters is 1. The highest BCUT2D eigenvalue weighted by Crippen LogP contribution is 2.37. The van der Waals surface area contributed by atoms with Crippen molar-refractivity contribution < 1.29 is 23.5 Å². The summed E-state index contributed by atoms with van der Waals surface area (Å²) < 4.78 is 19.2. The molecular formula is C28H32FN3O4. The molecule has 190 valence electrons. The summed E-state index contributed by atoms with van der Waals surface area (Å²) in [5, 5.41) is 0. The average molecular weight is 494 g/mol. The third kappa shape index (κ3) is 5.27. The summed E-state index contributed by atoms with van der Waals surface area (Å²) in [7, 11) is 0. The van der Waals surface area contributed by atoms with Gasteiger partial charge in [-0.05, 0) is 50.1 Å². The van der Waals surface area contributed by atoms with Gasteiger partial charge in [-0.3, -0.25) is 9.59 Å². The Kier molecular flexibility index (Phi) is 7.72. The first-order chi connectivity index (χ1) is 17.3. The minimum atomic E-state index is -0.628. The van der Waals surface area contributed by atoms with Crippen LogP contribution in [-0.4, -0.2) is 66.9 Å². The second-order valence-electron chi connectivity index (χ2n) is 9.17. The summed E-state index contributed by atoms with van der Waals surface area (Å²) >= 11 is 0. The maximum Gasteiger partial charge on any atom is 0.336 e. The van der Waals surface area contributed by atoms with Gasteiger partial charge in [-0.15, -0.1) is 0 Å². The topological polar surface area (TPSA) is 70.2 Å². The zero-order chi connectivity index (χ0) is 25.8. The molecule has 0 spiro atoms. The average Bonchev–Trinajstić information content (AvgIpc) is 2.86. The van der Waals surface area contributed by atoms with Crippen LogP contribution in [0, 0.1) is 12.7 Å². The van der Waals surface area contributed by atoms with Crippen molar-refractivity contribution in [1.29, 1.82) is 0 Å². The van der Waals surface area contributed by atoms with Gasteiger partial charge in [-0.1, -0.05) is 30.3 Å². The standard InChI is InChI=1S/C28H32FN3O4/c1-4-36-28(35)27-20(3)32(25(33)17-23(27)21-9-7-10-22(29)16-21)18-26(34)31-14-12-30(13-15-31)24-11-6-5-8-19(24)2/h5-11,16,23H,4,12-15,17-18H2,1-3H3. The van der Waals surface area contributed by atoms with E-state index >= 15 is 0 Å². The molecule has 4 rings (SSSR count). The Balaban J connectivity index is 1.51. The van der Waals surface area contributed by atoms with Crippen molar-refractivity contribution in [3.8, 4) is 0 Å². The van der Waals surface area contributed by atoms with Crippen molar-refractivity contribution in [2.45, 2.75) is 33.1 Å². The Hall–Kier alpha value is -3.68. The molecule has 0 N–H and O–H groups in total. The van der Waals surface area contributed by atoms with Crippen LogP contribution in [0.5, 0.6) is 0 Å². The monoisotopic (exact) mass is 493 g/mol. The van der Waals surface area contributed by atoms with Gasteiger partial charge in [-0.2, -0.15) is 0 Å². The SMILES string of the molecule is CCOC(=O)C1=C(C)N(CC(=O)N2CCN(c3ccccc3C)CC2)C(=O)CC1c1cccc(F)c1. The third-order valence-corrected chi connectivity index (χ3v) is 6.95. The van der Waals surface area contributed by atoms with Crippen molar-refractivity contribution >= 4 is 23.5 Å². The number of rotatable bonds is 6. The fraction of sp³-hybridized carbons (Fsp3) is 0.393. The molecule has 2 aliphatic rings. The molecule has 2 aromatic carbocycles. The molecule has 0 radical (unpaired) electrons. The Labute approximate surface area is 211 Å². The lowest BCUT2D eigenvalue weighted by Crippen LogP contribution is -2.52. The molecule has 0 aromatic heterocycles. The lowest BCUT2D eigenvalue weighted by molar-refractivity contribution is -0.142. The van der Waals surface area contributed by atoms with E-state index in [1.54, 1.807) is 30.9 Å². The predicted molar refractivity (Wildman–Crippen MR) is 135 cm³/mol. The first kappa shape index (κ1) is 25.4. The van der Waals surface area contributed by atoms with E-state index in [1.165, 1.54) is 22.6 Å². The molecule has 1 fully saturated rings. The number of piperazine rings is 1. The van der Waals surface area contributed by atoms with Crippen LogP contribution in [-0.2, 0) is 19.1 Å². The minimum Gasteiger partial charge on any atom is -0.463 e. The summed E-state index contributed by atoms with van der Waals surface area (Å²) in [6, 6.07) is 14.1. The smallest absolute Gasteiger partial charge is 0.336 e. The third-order valence-electron chi connectivity index (χ3n) is 6.95. The Morgan fingerprint density at radius 3 is 2.42 bits per heavy atom. The Morgan fingerprint density at radius 1 is 1.03 bits per heavy atom. The van der Waals surface area contributed by atoms with Crippen molar-refractivity contribution in [2.75, 3.05) is 44.2 Å². The van der Waals surface area contributed by atoms with Gasteiger partial charge in [0.05, 0.1) is 12.2 Å². The van der Waals surface area contributed by atoms with E-state index in [9.17, 15) is 18.8 Å². The summed E-state index contributed by atoms with van der Waals surface area (Å²) in [5.74, 6) is -2.07. The number of benzene rings is 2. The molecule has 1 atom stereocenters. The zero-order valence-corrected chi connectivity index (χ0v) is 21.0. The fourth-order valence-electron chi connectivity index (χ4n) is 5.04. The zero-order valence-electron chi connectivity index (χ0n) is 21.0. The summed E-state index contributed by atoms with van der Waals surface area (Å²) in [6.45, 7) is 7.96. The van der Waals surface area contributed by atoms with Crippen LogP contribution in [0.1, 0.15) is 37.3 Å². The van der Waals surface area contributed by atoms with Gasteiger partial charge in [0.1, 0.15) is 12.4 Å². The molecule has 2 aliphatic heterocycles. The van der Waals surface area contributed by atoms with E-state index in [4.69, 9.17) is 4.74 Å². The molecule has 36 heavy (non-hydrogen) atoms. The molecule has 0 saturated carbocycles. The highest BCUT2D eigenvalue weighted by Gasteiger charge is 2.38. The van der Waals surface area contributed by atoms with Gasteiger partial charge in [0.25, 0.3) is 0 Å². The molecule has 0 bridgehead atoms. The van der Waals surface area contributed by atoms with Crippen LogP contribution in [0.4, 0.5) is 10.1 Å². The number of aryl methyl sites for hydroxylation is 1. The van der Waals surface area contributed by atoms with Gasteiger partial charge in [0, 0.05) is 49.9 Å². The second kappa shape index (κ2) is 10.9. The van der Waals surface area contributed by atoms with Crippen molar-refractivity contribution in [2.24, 2.45) is 0 Å². The van der Waals surface area contributed by atoms with Crippen LogP contribution >= 0.6 is 0 Å². The van der Waals surface area contributed by atoms with Crippen LogP contribution in [0.25, 0.3) is 0 Å². The van der Waals surface area contributed by atoms with E-state index in [0.717, 1.165) is 5.69 Å². The molecule has 7 nitrogen and oxygen atoms in total. The van der Waals surface area contributed by atoms with Gasteiger partial charge in [0.15, 0.2) is 0 Å². The van der Waals surface area contributed by atoms with Crippen LogP contribution < -0.4 is 4.90 Å². The van der Waals surface area contributed by atoms with E-state index in [2.05, 4.69) is 24.0 Å². The highest BCUT2D eigenvalue weighted by atomic mass is 19.1. The van der Waals surface area contributed by atoms with E-state index in [0.29, 0.717) is 43.0 Å². The van der Waals surface area contributed by atoms with Gasteiger partial charge in [0.2, 0.25) is 11.8 Å². The molecule has 0 aliphatic carbocycles. The molecule has 8 heteroatoms. The number of ether oxygens (including phenoxy) is 1. The van der Waals surface area contributed by atoms with Crippen molar-refractivity contribution in [3.63, 3.8) is 0 Å². The number of para-hydroxylation sites is 1. The number of hydrogen-bond donors (Lipinski definition) is 0. The Morgan fingerprint density at radius 2 is 1.75 bits per heavy atom. The maximum atomic E-state index is 13.9. The molecule has 2 amide bonds. The van der Waals surface area contributed by atoms with Crippen molar-refractivity contribution in [1.82, 2.24) is 9.80 Å². The number of halogens is 1. The molecule has 2 aromatic rings. The summed E-state index contributed by atoms with van der Waals surface area (Å²) in [5.41, 5.74) is 3.56. The van der Waals surface area contributed by atoms with Gasteiger partial charge in [-0.25, -0.2) is 9.18 Å². The maximum absolute atomic E-state index is 13.9. The molecule has 2 heterocycles. The normalized spacial score (nSPS) is 18.5. The number of nitrogens with zero attached hydrogens (tertiary/aromatic N) is 3. The number of carbonyl (C=O) groups excluding carboxylic acids is 3. The van der Waals surface area contributed by atoms with Gasteiger partial charge >= 0.3 is 5.97 Å². The lowest BCUT2D eigenvalue weighted by atomic mass is 9.83. The van der Waals surface area contributed by atoms with E-state index in [-0.39, 0.29) is 31.4 Å². The van der Waals surface area contributed by atoms with Crippen LogP contribution in [0.15, 0.2) is 59.8 Å². The minimum absolute atomic E-state index is 0.0384. The largest absolute Gasteiger partial charge is 0.463 e. The van der Waals surface area contributed by atoms with Gasteiger partial charge < -0.3 is 19.4 Å². The molecule has 1 saturated heterocycles.